The Kier molecular flexibility index (Phi) is 11.4. The lowest BCUT2D eigenvalue weighted by atomic mass is 10.2. The van der Waals surface area contributed by atoms with E-state index in [0.717, 1.165) is 54.6 Å². The van der Waals surface area contributed by atoms with Crippen molar-refractivity contribution in [2.24, 2.45) is 0 Å². The molecule has 0 aliphatic heterocycles. The lowest BCUT2D eigenvalue weighted by molar-refractivity contribution is 0.212. The van der Waals surface area contributed by atoms with E-state index in [1.165, 1.54) is 21.5 Å². The minimum absolute atomic E-state index is 0.00961. The van der Waals surface area contributed by atoms with E-state index in [4.69, 9.17) is 10.6 Å². The maximum Gasteiger partial charge on any atom is 0.431 e. The molecule has 0 aliphatic carbocycles. The van der Waals surface area contributed by atoms with Crippen LogP contribution >= 0.6 is 0 Å². The van der Waals surface area contributed by atoms with Gasteiger partial charge in [0.2, 0.25) is 0 Å². The van der Waals surface area contributed by atoms with Gasteiger partial charge in [0, 0.05) is 44.6 Å². The van der Waals surface area contributed by atoms with Gasteiger partial charge in [-0.1, -0.05) is 127 Å². The number of sulfonamides is 1. The zero-order valence-corrected chi connectivity index (χ0v) is 36.1. The van der Waals surface area contributed by atoms with Gasteiger partial charge in [0.05, 0.1) is 33.1 Å². The number of urea groups is 1. The number of hydrogen-bond donors (Lipinski definition) is 4. The van der Waals surface area contributed by atoms with Crippen LogP contribution in [0.2, 0.25) is 0 Å². The van der Waals surface area contributed by atoms with Crippen LogP contribution in [-0.2, 0) is 10.0 Å². The molecule has 7 aromatic carbocycles. The highest BCUT2D eigenvalue weighted by Gasteiger charge is 2.22. The number of ether oxygens (including phenoxy) is 1. The molecule has 0 unspecified atom stereocenters. The summed E-state index contributed by atoms with van der Waals surface area (Å²) in [6.45, 7) is 3.76. The fourth-order valence-electron chi connectivity index (χ4n) is 7.80. The largest absolute Gasteiger partial charge is 0.431 e. The van der Waals surface area contributed by atoms with Crippen LogP contribution in [0.5, 0.6) is 5.75 Å². The molecule has 0 bridgehead atoms. The Hall–Kier alpha value is -8.56. The molecule has 0 fully saturated rings. The minimum Gasteiger partial charge on any atom is -0.409 e. The standard InChI is InChI=1S/C19H19N5O3S.C19H14N2O2.C12H10N2/c1-13(2)23-12-11-18(20-23)28(26,27)22-19(25)21-24-16-9-5-3-7-14(16)15-8-4-6-10-17(15)24;22-19(23-14-8-2-1-3-9-14)20-21-17-12-6-4-10-15(17)16-11-5-7-13-18(16)21;13-14-11-7-3-1-5-9(11)10-6-2-4-8-12(10)14/h3-13H,1-2H3,(H2,21,22,25);1-13H,(H,20,22);1-8H,13H2. The Bertz CT molecular complexity index is 3470. The highest BCUT2D eigenvalue weighted by Crippen LogP contribution is 2.30. The number of hydrogen-bond acceptors (Lipinski definition) is 7. The summed E-state index contributed by atoms with van der Waals surface area (Å²) >= 11 is 0. The van der Waals surface area contributed by atoms with Gasteiger partial charge in [-0.3, -0.25) is 14.0 Å². The number of rotatable bonds is 6. The molecule has 0 saturated heterocycles. The number of nitrogens with two attached hydrogens (primary N) is 1. The highest BCUT2D eigenvalue weighted by atomic mass is 32.2. The van der Waals surface area contributed by atoms with Crippen LogP contribution in [0.15, 0.2) is 193 Å². The van der Waals surface area contributed by atoms with E-state index >= 15 is 0 Å². The van der Waals surface area contributed by atoms with Gasteiger partial charge in [-0.05, 0) is 68.4 Å². The van der Waals surface area contributed by atoms with Crippen LogP contribution in [0.1, 0.15) is 19.9 Å². The Labute approximate surface area is 373 Å². The van der Waals surface area contributed by atoms with Crippen molar-refractivity contribution in [2.45, 2.75) is 24.9 Å². The second kappa shape index (κ2) is 17.7. The number of nitrogens with one attached hydrogen (secondary N) is 3. The van der Waals surface area contributed by atoms with E-state index in [9.17, 15) is 18.0 Å². The summed E-state index contributed by atoms with van der Waals surface area (Å²) < 4.78 is 38.9. The topological polar surface area (TPSA) is 172 Å². The van der Waals surface area contributed by atoms with Crippen molar-refractivity contribution in [3.05, 3.63) is 188 Å². The molecule has 5 N–H and O–H groups in total. The van der Waals surface area contributed by atoms with E-state index in [0.29, 0.717) is 5.75 Å². The van der Waals surface area contributed by atoms with Gasteiger partial charge in [0.25, 0.3) is 10.0 Å². The lowest BCUT2D eigenvalue weighted by Crippen LogP contribution is -2.38. The monoisotopic (exact) mass is 881 g/mol. The third kappa shape index (κ3) is 8.38. The summed E-state index contributed by atoms with van der Waals surface area (Å²) in [7, 11) is -4.09. The van der Waals surface area contributed by atoms with Crippen molar-refractivity contribution in [3.63, 3.8) is 0 Å². The van der Waals surface area contributed by atoms with E-state index in [2.05, 4.69) is 28.1 Å². The van der Waals surface area contributed by atoms with Gasteiger partial charge < -0.3 is 10.6 Å². The number of para-hydroxylation sites is 7. The molecule has 4 aromatic heterocycles. The summed E-state index contributed by atoms with van der Waals surface area (Å²) in [5.41, 5.74) is 11.0. The Morgan fingerprint density at radius 2 is 0.892 bits per heavy atom. The maximum absolute atomic E-state index is 12.5. The van der Waals surface area contributed by atoms with Crippen molar-refractivity contribution in [1.29, 1.82) is 0 Å². The highest BCUT2D eigenvalue weighted by molar-refractivity contribution is 7.90. The van der Waals surface area contributed by atoms with Crippen molar-refractivity contribution in [3.8, 4) is 5.75 Å². The second-order valence-electron chi connectivity index (χ2n) is 15.2. The predicted octanol–water partition coefficient (Wildman–Crippen LogP) is 10.3. The predicted molar refractivity (Wildman–Crippen MR) is 258 cm³/mol. The first-order valence-electron chi connectivity index (χ1n) is 20.7. The molecule has 0 spiro atoms. The molecule has 0 radical (unpaired) electrons. The molecule has 15 heteroatoms. The molecule has 4 heterocycles. The summed E-state index contributed by atoms with van der Waals surface area (Å²) in [6.07, 6.45) is 1.03. The molecule has 324 valence electrons. The van der Waals surface area contributed by atoms with E-state index in [1.807, 2.05) is 170 Å². The van der Waals surface area contributed by atoms with Gasteiger partial charge in [-0.25, -0.2) is 29.8 Å². The molecule has 11 rings (SSSR count). The number of aromatic nitrogens is 5. The SMILES string of the molecule is CC(C)n1ccc(S(=O)(=O)NC(=O)Nn2c3ccccc3c3ccccc32)n1.Nn1c2ccccc2c2ccccc21.O=C(Nn1c2ccccc2c2ccccc21)Oc1ccccc1. The van der Waals surface area contributed by atoms with E-state index in [1.54, 1.807) is 32.4 Å². The Balaban J connectivity index is 0.000000129. The zero-order valence-electron chi connectivity index (χ0n) is 35.2. The first-order chi connectivity index (χ1) is 31.6. The molecule has 0 aliphatic rings. The average Bonchev–Trinajstić information content (AvgIpc) is 4.10. The van der Waals surface area contributed by atoms with Gasteiger partial charge in [-0.2, -0.15) is 13.5 Å². The first-order valence-corrected chi connectivity index (χ1v) is 22.2. The normalized spacial score (nSPS) is 11.4. The minimum atomic E-state index is -4.09. The molecule has 0 atom stereocenters. The summed E-state index contributed by atoms with van der Waals surface area (Å²) in [4.78, 5) is 24.7. The van der Waals surface area contributed by atoms with Crippen LogP contribution in [0.4, 0.5) is 9.59 Å². The van der Waals surface area contributed by atoms with Crippen molar-refractivity contribution in [1.82, 2.24) is 28.5 Å². The second-order valence-corrected chi connectivity index (χ2v) is 16.9. The molecule has 11 aromatic rings. The van der Waals surface area contributed by atoms with Crippen molar-refractivity contribution >= 4 is 87.6 Å². The number of nitrogen functional groups attached to an aromatic ring is 1. The molecule has 0 saturated carbocycles. The molecular formula is C50H43N9O5S. The van der Waals surface area contributed by atoms with Gasteiger partial charge >= 0.3 is 12.1 Å². The number of amides is 3. The third-order valence-electron chi connectivity index (χ3n) is 10.8. The number of fused-ring (bicyclic) bond motifs is 9. The summed E-state index contributed by atoms with van der Waals surface area (Å²) in [6, 6.07) is 56.9. The summed E-state index contributed by atoms with van der Waals surface area (Å²) in [5.74, 6) is 6.50. The fraction of sp³-hybridized carbons (Fsp3) is 0.0600. The number of carbonyl (C=O) groups is 2. The van der Waals surface area contributed by atoms with Crippen molar-refractivity contribution in [2.75, 3.05) is 16.7 Å². The van der Waals surface area contributed by atoms with Gasteiger partial charge in [0.15, 0.2) is 5.03 Å². The number of benzene rings is 7. The smallest absolute Gasteiger partial charge is 0.409 e. The van der Waals surface area contributed by atoms with Crippen LogP contribution < -0.4 is 26.2 Å². The lowest BCUT2D eigenvalue weighted by Gasteiger charge is -2.11. The van der Waals surface area contributed by atoms with Crippen LogP contribution in [0.25, 0.3) is 65.4 Å². The van der Waals surface area contributed by atoms with Crippen LogP contribution in [-0.4, -0.2) is 44.4 Å². The maximum atomic E-state index is 12.5. The molecule has 3 amide bonds. The Morgan fingerprint density at radius 1 is 0.523 bits per heavy atom. The van der Waals surface area contributed by atoms with Gasteiger partial charge in [-0.15, -0.1) is 0 Å². The van der Waals surface area contributed by atoms with Gasteiger partial charge in [0.1, 0.15) is 5.75 Å². The molecule has 14 nitrogen and oxygen atoms in total. The fourth-order valence-corrected chi connectivity index (χ4v) is 8.63. The molecular weight excluding hydrogens is 839 g/mol. The number of nitrogens with zero attached hydrogens (tertiary/aromatic N) is 5. The van der Waals surface area contributed by atoms with E-state index < -0.39 is 22.1 Å². The third-order valence-corrected chi connectivity index (χ3v) is 12.0. The quantitative estimate of drug-likeness (QED) is 0.120. The number of carbonyl (C=O) groups excluding carboxylic acids is 2. The van der Waals surface area contributed by atoms with E-state index in [-0.39, 0.29) is 11.1 Å². The average molecular weight is 882 g/mol. The van der Waals surface area contributed by atoms with Crippen molar-refractivity contribution < 1.29 is 22.7 Å². The van der Waals surface area contributed by atoms with Crippen LogP contribution in [0, 0.1) is 0 Å². The Morgan fingerprint density at radius 3 is 1.31 bits per heavy atom. The summed E-state index contributed by atoms with van der Waals surface area (Å²) in [5, 5.41) is 10.3. The first kappa shape index (κ1) is 41.8. The molecule has 65 heavy (non-hydrogen) atoms. The zero-order chi connectivity index (χ0) is 45.1. The van der Waals surface area contributed by atoms with Crippen LogP contribution in [0.3, 0.4) is 0 Å².